The molecule has 1 N–H and O–H groups in total. The Labute approximate surface area is 205 Å². The Morgan fingerprint density at radius 2 is 1.49 bits per heavy atom. The lowest BCUT2D eigenvalue weighted by molar-refractivity contribution is 0.0699. The number of hydrogen-bond donors (Lipinski definition) is 1. The Hall–Kier alpha value is -4.19. The van der Waals surface area contributed by atoms with Crippen LogP contribution in [0, 0.1) is 6.92 Å². The minimum absolute atomic E-state index is 0.0294. The van der Waals surface area contributed by atoms with Gasteiger partial charge in [-0.2, -0.15) is 5.10 Å². The molecule has 1 aliphatic rings. The summed E-state index contributed by atoms with van der Waals surface area (Å²) in [5.74, 6) is -0.0976. The third-order valence-corrected chi connectivity index (χ3v) is 6.52. The molecule has 4 aromatic rings. The molecule has 176 valence electrons. The summed E-state index contributed by atoms with van der Waals surface area (Å²) in [6.45, 7) is 3.20. The van der Waals surface area contributed by atoms with Crippen molar-refractivity contribution in [1.82, 2.24) is 20.0 Å². The van der Waals surface area contributed by atoms with Gasteiger partial charge in [-0.3, -0.25) is 9.59 Å². The highest BCUT2D eigenvalue weighted by atomic mass is 16.2. The van der Waals surface area contributed by atoms with Gasteiger partial charge in [0.25, 0.3) is 11.8 Å². The minimum atomic E-state index is -0.0682. The molecule has 2 heterocycles. The second-order valence-electron chi connectivity index (χ2n) is 8.89. The normalized spacial score (nSPS) is 14.0. The number of nitrogens with zero attached hydrogens (tertiary/aromatic N) is 3. The third kappa shape index (κ3) is 4.87. The van der Waals surface area contributed by atoms with Crippen molar-refractivity contribution in [3.05, 3.63) is 108 Å². The highest BCUT2D eigenvalue weighted by molar-refractivity contribution is 6.00. The number of carbonyl (C=O) groups excluding carboxylic acids is 2. The average Bonchev–Trinajstić information content (AvgIpc) is 3.35. The molecule has 0 spiro atoms. The van der Waals surface area contributed by atoms with E-state index in [-0.39, 0.29) is 17.9 Å². The summed E-state index contributed by atoms with van der Waals surface area (Å²) >= 11 is 0. The maximum absolute atomic E-state index is 13.7. The maximum atomic E-state index is 13.7. The van der Waals surface area contributed by atoms with Crippen LogP contribution in [0.5, 0.6) is 0 Å². The molecule has 1 aromatic heterocycles. The van der Waals surface area contributed by atoms with E-state index in [4.69, 9.17) is 5.10 Å². The predicted octanol–water partition coefficient (Wildman–Crippen LogP) is 4.88. The molecule has 0 bridgehead atoms. The van der Waals surface area contributed by atoms with Crippen LogP contribution in [0.2, 0.25) is 0 Å². The molecule has 1 fully saturated rings. The summed E-state index contributed by atoms with van der Waals surface area (Å²) < 4.78 is 1.78. The molecule has 0 unspecified atom stereocenters. The van der Waals surface area contributed by atoms with Crippen LogP contribution < -0.4 is 5.32 Å². The number of para-hydroxylation sites is 1. The lowest BCUT2D eigenvalue weighted by Crippen LogP contribution is -2.46. The minimum Gasteiger partial charge on any atom is -0.349 e. The van der Waals surface area contributed by atoms with E-state index in [1.807, 2.05) is 103 Å². The van der Waals surface area contributed by atoms with E-state index in [1.165, 1.54) is 0 Å². The van der Waals surface area contributed by atoms with Crippen LogP contribution in [0.4, 0.5) is 0 Å². The number of nitrogens with one attached hydrogen (secondary N) is 1. The maximum Gasteiger partial charge on any atom is 0.257 e. The fourth-order valence-electron chi connectivity index (χ4n) is 4.54. The van der Waals surface area contributed by atoms with Crippen LogP contribution in [0.25, 0.3) is 16.9 Å². The molecule has 1 aliphatic heterocycles. The van der Waals surface area contributed by atoms with Gasteiger partial charge in [-0.1, -0.05) is 60.7 Å². The first-order chi connectivity index (χ1) is 17.1. The molecule has 1 saturated heterocycles. The first-order valence-electron chi connectivity index (χ1n) is 12.0. The Balaban J connectivity index is 1.35. The predicted molar refractivity (Wildman–Crippen MR) is 137 cm³/mol. The van der Waals surface area contributed by atoms with E-state index in [0.29, 0.717) is 29.9 Å². The van der Waals surface area contributed by atoms with Crippen LogP contribution in [0.15, 0.2) is 91.1 Å². The van der Waals surface area contributed by atoms with Gasteiger partial charge in [-0.05, 0) is 49.6 Å². The van der Waals surface area contributed by atoms with Crippen molar-refractivity contribution < 1.29 is 9.59 Å². The molecule has 0 radical (unpaired) electrons. The van der Waals surface area contributed by atoms with Gasteiger partial charge in [-0.15, -0.1) is 0 Å². The van der Waals surface area contributed by atoms with Gasteiger partial charge in [0.2, 0.25) is 0 Å². The van der Waals surface area contributed by atoms with Crippen LogP contribution in [-0.2, 0) is 0 Å². The lowest BCUT2D eigenvalue weighted by atomic mass is 10.0. The molecular formula is C29H28N4O2. The second kappa shape index (κ2) is 9.97. The topological polar surface area (TPSA) is 67.2 Å². The van der Waals surface area contributed by atoms with E-state index in [0.717, 1.165) is 29.7 Å². The first kappa shape index (κ1) is 22.6. The van der Waals surface area contributed by atoms with E-state index >= 15 is 0 Å². The Bertz CT molecular complexity index is 1320. The summed E-state index contributed by atoms with van der Waals surface area (Å²) in [6.07, 6.45) is 3.27. The highest BCUT2D eigenvalue weighted by Gasteiger charge is 2.28. The molecule has 0 aliphatic carbocycles. The zero-order chi connectivity index (χ0) is 24.2. The zero-order valence-corrected chi connectivity index (χ0v) is 19.7. The fraction of sp³-hybridized carbons (Fsp3) is 0.207. The number of aromatic nitrogens is 2. The van der Waals surface area contributed by atoms with Gasteiger partial charge in [0.15, 0.2) is 0 Å². The largest absolute Gasteiger partial charge is 0.349 e. The average molecular weight is 465 g/mol. The van der Waals surface area contributed by atoms with Gasteiger partial charge in [0.05, 0.1) is 11.3 Å². The van der Waals surface area contributed by atoms with Crippen LogP contribution >= 0.6 is 0 Å². The van der Waals surface area contributed by atoms with Gasteiger partial charge >= 0.3 is 0 Å². The lowest BCUT2D eigenvalue weighted by Gasteiger charge is -2.32. The summed E-state index contributed by atoms with van der Waals surface area (Å²) in [5.41, 5.74) is 4.87. The smallest absolute Gasteiger partial charge is 0.257 e. The van der Waals surface area contributed by atoms with E-state index < -0.39 is 0 Å². The zero-order valence-electron chi connectivity index (χ0n) is 19.7. The van der Waals surface area contributed by atoms with Gasteiger partial charge in [0, 0.05) is 36.5 Å². The SMILES string of the molecule is Cc1ccccc1-c1nn(-c2ccccc2)cc1C(=O)N1CCC(NC(=O)c2ccccc2)CC1. The van der Waals surface area contributed by atoms with Gasteiger partial charge in [0.1, 0.15) is 5.69 Å². The van der Waals surface area contributed by atoms with Gasteiger partial charge in [-0.25, -0.2) is 4.68 Å². The second-order valence-corrected chi connectivity index (χ2v) is 8.89. The Morgan fingerprint density at radius 1 is 0.857 bits per heavy atom. The Kier molecular flexibility index (Phi) is 6.44. The third-order valence-electron chi connectivity index (χ3n) is 6.52. The number of likely N-dealkylation sites (tertiary alicyclic amines) is 1. The molecule has 2 amide bonds. The van der Waals surface area contributed by atoms with Crippen molar-refractivity contribution in [2.75, 3.05) is 13.1 Å². The fourth-order valence-corrected chi connectivity index (χ4v) is 4.54. The highest BCUT2D eigenvalue weighted by Crippen LogP contribution is 2.28. The van der Waals surface area contributed by atoms with E-state index in [9.17, 15) is 9.59 Å². The van der Waals surface area contributed by atoms with Crippen molar-refractivity contribution in [3.8, 4) is 16.9 Å². The first-order valence-corrected chi connectivity index (χ1v) is 12.0. The monoisotopic (exact) mass is 464 g/mol. The molecular weight excluding hydrogens is 436 g/mol. The molecule has 5 rings (SSSR count). The molecule has 3 aromatic carbocycles. The van der Waals surface area contributed by atoms with Crippen molar-refractivity contribution in [2.45, 2.75) is 25.8 Å². The van der Waals surface area contributed by atoms with Gasteiger partial charge < -0.3 is 10.2 Å². The molecule has 0 saturated carbocycles. The molecule has 35 heavy (non-hydrogen) atoms. The number of piperidine rings is 1. The van der Waals surface area contributed by atoms with Crippen LogP contribution in [0.1, 0.15) is 39.1 Å². The molecule has 6 nitrogen and oxygen atoms in total. The number of benzene rings is 3. The van der Waals surface area contributed by atoms with Crippen molar-refractivity contribution in [2.24, 2.45) is 0 Å². The molecule has 6 heteroatoms. The molecule has 0 atom stereocenters. The number of carbonyl (C=O) groups is 2. The van der Waals surface area contributed by atoms with Crippen molar-refractivity contribution >= 4 is 11.8 Å². The number of aryl methyl sites for hydroxylation is 1. The summed E-state index contributed by atoms with van der Waals surface area (Å²) in [4.78, 5) is 28.1. The number of rotatable bonds is 5. The number of hydrogen-bond acceptors (Lipinski definition) is 3. The van der Waals surface area contributed by atoms with Crippen molar-refractivity contribution in [3.63, 3.8) is 0 Å². The summed E-state index contributed by atoms with van der Waals surface area (Å²) in [5, 5.41) is 7.94. The van der Waals surface area contributed by atoms with Crippen LogP contribution in [-0.4, -0.2) is 45.6 Å². The summed E-state index contributed by atoms with van der Waals surface area (Å²) in [6, 6.07) is 27.1. The van der Waals surface area contributed by atoms with Crippen LogP contribution in [0.3, 0.4) is 0 Å². The quantitative estimate of drug-likeness (QED) is 0.458. The number of amides is 2. The van der Waals surface area contributed by atoms with E-state index in [2.05, 4.69) is 5.32 Å². The standard InChI is InChI=1S/C29H28N4O2/c1-21-10-8-9-15-25(21)27-26(20-33(31-27)24-13-6-3-7-14-24)29(35)32-18-16-23(17-19-32)30-28(34)22-11-4-2-5-12-22/h2-15,20,23H,16-19H2,1H3,(H,30,34). The van der Waals surface area contributed by atoms with Crippen molar-refractivity contribution in [1.29, 1.82) is 0 Å². The van der Waals surface area contributed by atoms with E-state index in [1.54, 1.807) is 4.68 Å². The summed E-state index contributed by atoms with van der Waals surface area (Å²) in [7, 11) is 0. The Morgan fingerprint density at radius 3 is 2.17 bits per heavy atom.